The monoisotopic (exact) mass is 688 g/mol. The standard InChI is InChI=1S/C21H21N3O3.C10H13NO2.C4H8N2O2.C2H6/c1-13-3-5-14(6-4-13)15-7-8-16-10-18(25)24(11-17(16)9-15)12-21(2)19(26)22-20(27)23-21;1-11(2)6-8-3-4-10(13)5-9(8)7-12;1-2-5-4(8)6-3-7;1-2/h3-9H,10-12H2,1-2H3,(H2,22,23,26,27);3-5,7,13H,6H2,1-2H3;3H,2H2,1H3,(H2,5,6,7,8);1-2H3. The molecule has 0 aliphatic carbocycles. The lowest BCUT2D eigenvalue weighted by Crippen LogP contribution is -2.55. The molecule has 50 heavy (non-hydrogen) atoms. The number of urea groups is 2. The van der Waals surface area contributed by atoms with E-state index in [4.69, 9.17) is 5.11 Å². The molecule has 1 saturated heterocycles. The maximum atomic E-state index is 12.5. The lowest BCUT2D eigenvalue weighted by molar-refractivity contribution is -0.134. The van der Waals surface area contributed by atoms with Crippen LogP contribution in [-0.2, 0) is 33.9 Å². The molecule has 13 nitrogen and oxygen atoms in total. The number of amides is 7. The van der Waals surface area contributed by atoms with E-state index in [1.54, 1.807) is 30.9 Å². The van der Waals surface area contributed by atoms with Gasteiger partial charge >= 0.3 is 12.1 Å². The number of aldehydes is 1. The maximum absolute atomic E-state index is 12.5. The Morgan fingerprint density at radius 2 is 1.64 bits per heavy atom. The van der Waals surface area contributed by atoms with Gasteiger partial charge in [-0.15, -0.1) is 0 Å². The number of carbonyl (C=O) groups excluding carboxylic acids is 6. The van der Waals surface area contributed by atoms with E-state index in [2.05, 4.69) is 53.2 Å². The highest BCUT2D eigenvalue weighted by Crippen LogP contribution is 2.28. The molecule has 2 aliphatic rings. The van der Waals surface area contributed by atoms with E-state index in [9.17, 15) is 28.8 Å². The molecule has 1 atom stereocenters. The highest BCUT2D eigenvalue weighted by molar-refractivity contribution is 6.07. The van der Waals surface area contributed by atoms with E-state index < -0.39 is 23.5 Å². The summed E-state index contributed by atoms with van der Waals surface area (Å²) < 4.78 is 0. The van der Waals surface area contributed by atoms with E-state index in [1.807, 2.05) is 50.3 Å². The molecule has 0 saturated carbocycles. The lowest BCUT2D eigenvalue weighted by atomic mass is 9.92. The molecule has 0 aromatic heterocycles. The Balaban J connectivity index is 0.000000313. The molecule has 5 N–H and O–H groups in total. The number of fused-ring (bicyclic) bond motifs is 1. The van der Waals surface area contributed by atoms with Gasteiger partial charge in [0.2, 0.25) is 12.3 Å². The lowest BCUT2D eigenvalue weighted by Gasteiger charge is -2.34. The fourth-order valence-corrected chi connectivity index (χ4v) is 5.10. The van der Waals surface area contributed by atoms with Crippen molar-refractivity contribution in [3.8, 4) is 16.9 Å². The van der Waals surface area contributed by atoms with Gasteiger partial charge in [-0.25, -0.2) is 9.59 Å². The Hall–Kier alpha value is -5.56. The van der Waals surface area contributed by atoms with Gasteiger partial charge < -0.3 is 25.5 Å². The Bertz CT molecular complexity index is 1660. The highest BCUT2D eigenvalue weighted by atomic mass is 16.3. The quantitative estimate of drug-likeness (QED) is 0.175. The summed E-state index contributed by atoms with van der Waals surface area (Å²) in [7, 11) is 3.86. The molecule has 3 aromatic rings. The summed E-state index contributed by atoms with van der Waals surface area (Å²) in [6.45, 7) is 11.3. The van der Waals surface area contributed by atoms with E-state index in [0.717, 1.165) is 34.1 Å². The van der Waals surface area contributed by atoms with Crippen LogP contribution in [0.2, 0.25) is 0 Å². The SMILES string of the molecule is CC.CCNC(=O)NC=O.CN(C)Cc1ccc(O)cc1C=O.Cc1ccc(-c2ccc3c(c2)CN(CC2(C)NC(=O)NC2=O)C(=O)C3)cc1. The Morgan fingerprint density at radius 1 is 0.980 bits per heavy atom. The number of phenolic OH excluding ortho intramolecular Hbond substituents is 1. The van der Waals surface area contributed by atoms with Gasteiger partial charge in [0.05, 0.1) is 13.0 Å². The zero-order valence-electron chi connectivity index (χ0n) is 29.8. The van der Waals surface area contributed by atoms with Gasteiger partial charge in [0.1, 0.15) is 11.3 Å². The van der Waals surface area contributed by atoms with Crippen LogP contribution in [0.3, 0.4) is 0 Å². The second-order valence-corrected chi connectivity index (χ2v) is 11.9. The fourth-order valence-electron chi connectivity index (χ4n) is 5.10. The van der Waals surface area contributed by atoms with Crippen molar-refractivity contribution in [1.82, 2.24) is 31.1 Å². The molecule has 7 amide bonds. The number of imide groups is 2. The zero-order valence-corrected chi connectivity index (χ0v) is 29.8. The van der Waals surface area contributed by atoms with E-state index in [1.165, 1.54) is 11.6 Å². The Kier molecular flexibility index (Phi) is 15.8. The van der Waals surface area contributed by atoms with Crippen LogP contribution in [0.1, 0.15) is 60.3 Å². The molecule has 0 spiro atoms. The minimum absolute atomic E-state index is 0.0410. The third-order valence-electron chi connectivity index (χ3n) is 7.54. The van der Waals surface area contributed by atoms with Gasteiger partial charge in [-0.3, -0.25) is 29.8 Å². The Labute approximate surface area is 293 Å². The van der Waals surface area contributed by atoms with Crippen molar-refractivity contribution in [3.63, 3.8) is 0 Å². The predicted octanol–water partition coefficient (Wildman–Crippen LogP) is 3.90. The fraction of sp³-hybridized carbons (Fsp3) is 0.351. The number of rotatable bonds is 8. The molecule has 0 radical (unpaired) electrons. The third-order valence-corrected chi connectivity index (χ3v) is 7.54. The van der Waals surface area contributed by atoms with Crippen molar-refractivity contribution in [3.05, 3.63) is 88.5 Å². The number of nitrogens with one attached hydrogen (secondary N) is 4. The number of nitrogens with zero attached hydrogens (tertiary/aromatic N) is 2. The highest BCUT2D eigenvalue weighted by Gasteiger charge is 2.44. The molecule has 2 aliphatic heterocycles. The summed E-state index contributed by atoms with van der Waals surface area (Å²) in [5, 5.41) is 18.3. The van der Waals surface area contributed by atoms with Gasteiger partial charge in [0, 0.05) is 25.2 Å². The minimum Gasteiger partial charge on any atom is -0.508 e. The van der Waals surface area contributed by atoms with Crippen LogP contribution in [0, 0.1) is 6.92 Å². The summed E-state index contributed by atoms with van der Waals surface area (Å²) in [5.74, 6) is -0.315. The normalized spacial score (nSPS) is 15.8. The van der Waals surface area contributed by atoms with Crippen LogP contribution in [0.4, 0.5) is 9.59 Å². The number of hydrogen-bond acceptors (Lipinski definition) is 8. The molecule has 13 heteroatoms. The van der Waals surface area contributed by atoms with Gasteiger partial charge in [-0.1, -0.05) is 61.9 Å². The summed E-state index contributed by atoms with van der Waals surface area (Å²) in [5.41, 5.74) is 5.89. The third kappa shape index (κ3) is 11.8. The number of carbonyl (C=O) groups is 6. The topological polar surface area (TPSA) is 177 Å². The number of phenols is 1. The molecule has 2 heterocycles. The van der Waals surface area contributed by atoms with Crippen LogP contribution >= 0.6 is 0 Å². The number of aromatic hydroxyl groups is 1. The van der Waals surface area contributed by atoms with Crippen LogP contribution < -0.4 is 21.3 Å². The predicted molar refractivity (Wildman–Crippen MR) is 191 cm³/mol. The van der Waals surface area contributed by atoms with Gasteiger partial charge in [0.15, 0.2) is 6.29 Å². The summed E-state index contributed by atoms with van der Waals surface area (Å²) in [6.07, 6.45) is 1.40. The van der Waals surface area contributed by atoms with Crippen molar-refractivity contribution < 1.29 is 33.9 Å². The first-order chi connectivity index (χ1) is 23.8. The van der Waals surface area contributed by atoms with Gasteiger partial charge in [0.25, 0.3) is 5.91 Å². The number of hydrogen-bond donors (Lipinski definition) is 5. The smallest absolute Gasteiger partial charge is 0.322 e. The summed E-state index contributed by atoms with van der Waals surface area (Å²) in [6, 6.07) is 18.3. The molecule has 3 aromatic carbocycles. The van der Waals surface area contributed by atoms with E-state index in [0.29, 0.717) is 38.0 Å². The maximum Gasteiger partial charge on any atom is 0.322 e. The van der Waals surface area contributed by atoms with Crippen LogP contribution in [0.25, 0.3) is 11.1 Å². The van der Waals surface area contributed by atoms with E-state index >= 15 is 0 Å². The van der Waals surface area contributed by atoms with Crippen molar-refractivity contribution in [2.45, 2.75) is 59.7 Å². The van der Waals surface area contributed by atoms with Crippen molar-refractivity contribution in [2.75, 3.05) is 27.2 Å². The molecule has 1 fully saturated rings. The molecular formula is C37H48N6O7. The molecular weight excluding hydrogens is 640 g/mol. The van der Waals surface area contributed by atoms with Crippen LogP contribution in [0.15, 0.2) is 60.7 Å². The molecule has 5 rings (SSSR count). The van der Waals surface area contributed by atoms with Crippen LogP contribution in [-0.4, -0.2) is 84.2 Å². The number of benzene rings is 3. The minimum atomic E-state index is -1.10. The Morgan fingerprint density at radius 3 is 2.20 bits per heavy atom. The van der Waals surface area contributed by atoms with Crippen LogP contribution in [0.5, 0.6) is 5.75 Å². The average Bonchev–Trinajstić information content (AvgIpc) is 3.33. The number of aryl methyl sites for hydroxylation is 1. The average molecular weight is 689 g/mol. The largest absolute Gasteiger partial charge is 0.508 e. The first-order valence-corrected chi connectivity index (χ1v) is 16.3. The first-order valence-electron chi connectivity index (χ1n) is 16.3. The van der Waals surface area contributed by atoms with Crippen molar-refractivity contribution in [1.29, 1.82) is 0 Å². The van der Waals surface area contributed by atoms with Gasteiger partial charge in [-0.05, 0) is 80.9 Å². The first kappa shape index (κ1) is 40.6. The zero-order chi connectivity index (χ0) is 37.4. The van der Waals surface area contributed by atoms with Gasteiger partial charge in [-0.2, -0.15) is 0 Å². The summed E-state index contributed by atoms with van der Waals surface area (Å²) in [4.78, 5) is 70.0. The van der Waals surface area contributed by atoms with Crippen molar-refractivity contribution >= 4 is 36.6 Å². The summed E-state index contributed by atoms with van der Waals surface area (Å²) >= 11 is 0. The second kappa shape index (κ2) is 19.4. The van der Waals surface area contributed by atoms with E-state index in [-0.39, 0.29) is 18.2 Å². The molecule has 268 valence electrons. The molecule has 1 unspecified atom stereocenters. The molecule has 0 bridgehead atoms. The van der Waals surface area contributed by atoms with Crippen molar-refractivity contribution in [2.24, 2.45) is 0 Å². The second-order valence-electron chi connectivity index (χ2n) is 11.9.